The number of hydrogen-bond acceptors (Lipinski definition) is 2. The van der Waals surface area contributed by atoms with E-state index in [9.17, 15) is 4.79 Å². The number of methoxy groups -OCH3 is 1. The van der Waals surface area contributed by atoms with Crippen LogP contribution in [0.2, 0.25) is 19.6 Å². The molecular formula is C12H22O2Si. The summed E-state index contributed by atoms with van der Waals surface area (Å²) in [5.41, 5.74) is 2.84. The Hall–Kier alpha value is -0.593. The van der Waals surface area contributed by atoms with Crippen LogP contribution in [0.25, 0.3) is 0 Å². The van der Waals surface area contributed by atoms with E-state index in [1.165, 1.54) is 0 Å². The molecule has 0 bridgehead atoms. The van der Waals surface area contributed by atoms with Crippen molar-refractivity contribution in [2.24, 2.45) is 5.92 Å². The molecule has 0 aliphatic heterocycles. The van der Waals surface area contributed by atoms with E-state index < -0.39 is 13.7 Å². The first-order chi connectivity index (χ1) is 6.73. The fourth-order valence-electron chi connectivity index (χ4n) is 1.04. The number of rotatable bonds is 4. The Bertz CT molecular complexity index is 266. The molecule has 0 aromatic rings. The van der Waals surface area contributed by atoms with Gasteiger partial charge in [-0.15, -0.1) is 11.5 Å². The minimum Gasteiger partial charge on any atom is -0.378 e. The Balaban J connectivity index is 4.48. The van der Waals surface area contributed by atoms with Crippen molar-refractivity contribution in [3.8, 4) is 11.5 Å². The number of ether oxygens (including phenoxy) is 1. The maximum absolute atomic E-state index is 10.9. The van der Waals surface area contributed by atoms with E-state index in [1.54, 1.807) is 7.11 Å². The topological polar surface area (TPSA) is 26.3 Å². The molecule has 86 valence electrons. The first kappa shape index (κ1) is 14.4. The normalized spacial score (nSPS) is 14.0. The van der Waals surface area contributed by atoms with Crippen molar-refractivity contribution in [3.63, 3.8) is 0 Å². The van der Waals surface area contributed by atoms with Crippen LogP contribution < -0.4 is 0 Å². The van der Waals surface area contributed by atoms with Gasteiger partial charge in [-0.3, -0.25) is 0 Å². The van der Waals surface area contributed by atoms with Crippen LogP contribution in [0.4, 0.5) is 0 Å². The zero-order valence-corrected chi connectivity index (χ0v) is 11.7. The van der Waals surface area contributed by atoms with Gasteiger partial charge < -0.3 is 9.53 Å². The fraction of sp³-hybridized carbons (Fsp3) is 0.750. The second-order valence-electron chi connectivity index (χ2n) is 5.31. The van der Waals surface area contributed by atoms with E-state index >= 15 is 0 Å². The van der Waals surface area contributed by atoms with Gasteiger partial charge in [-0.05, 0) is 13.8 Å². The molecule has 1 atom stereocenters. The third-order valence-electron chi connectivity index (χ3n) is 2.37. The van der Waals surface area contributed by atoms with E-state index in [0.717, 1.165) is 6.29 Å². The number of aldehydes is 1. The number of carbonyl (C=O) groups is 1. The van der Waals surface area contributed by atoms with Gasteiger partial charge in [0.25, 0.3) is 0 Å². The Morgan fingerprint density at radius 2 is 1.93 bits per heavy atom. The smallest absolute Gasteiger partial charge is 0.129 e. The first-order valence-electron chi connectivity index (χ1n) is 5.23. The van der Waals surface area contributed by atoms with E-state index in [1.807, 2.05) is 13.8 Å². The summed E-state index contributed by atoms with van der Waals surface area (Å²) in [5, 5.41) is 0. The zero-order valence-electron chi connectivity index (χ0n) is 10.7. The quantitative estimate of drug-likeness (QED) is 0.418. The van der Waals surface area contributed by atoms with E-state index in [4.69, 9.17) is 4.74 Å². The lowest BCUT2D eigenvalue weighted by Gasteiger charge is -2.27. The monoisotopic (exact) mass is 226 g/mol. The number of hydrogen-bond donors (Lipinski definition) is 0. The molecule has 2 nitrogen and oxygen atoms in total. The van der Waals surface area contributed by atoms with Crippen LogP contribution in [0, 0.1) is 17.4 Å². The van der Waals surface area contributed by atoms with Crippen LogP contribution in [0.3, 0.4) is 0 Å². The zero-order chi connectivity index (χ0) is 12.1. The van der Waals surface area contributed by atoms with Gasteiger partial charge in [0.15, 0.2) is 0 Å². The van der Waals surface area contributed by atoms with Crippen molar-refractivity contribution in [2.75, 3.05) is 7.11 Å². The van der Waals surface area contributed by atoms with Gasteiger partial charge in [0.1, 0.15) is 14.4 Å². The highest BCUT2D eigenvalue weighted by Crippen LogP contribution is 2.21. The maximum atomic E-state index is 10.9. The van der Waals surface area contributed by atoms with Gasteiger partial charge in [-0.2, -0.15) is 0 Å². The van der Waals surface area contributed by atoms with Gasteiger partial charge in [0.2, 0.25) is 0 Å². The SMILES string of the molecule is COC(C)(C)[C@H](C=O)CC#C[Si](C)(C)C. The summed E-state index contributed by atoms with van der Waals surface area (Å²) >= 11 is 0. The molecule has 0 N–H and O–H groups in total. The number of carbonyl (C=O) groups excluding carboxylic acids is 1. The largest absolute Gasteiger partial charge is 0.378 e. The molecule has 0 spiro atoms. The predicted molar refractivity (Wildman–Crippen MR) is 66.4 cm³/mol. The van der Waals surface area contributed by atoms with Crippen molar-refractivity contribution in [1.29, 1.82) is 0 Å². The minimum absolute atomic E-state index is 0.147. The Morgan fingerprint density at radius 1 is 1.40 bits per heavy atom. The molecule has 15 heavy (non-hydrogen) atoms. The lowest BCUT2D eigenvalue weighted by atomic mass is 9.89. The molecule has 0 heterocycles. The van der Waals surface area contributed by atoms with Crippen LogP contribution in [0.15, 0.2) is 0 Å². The molecule has 0 radical (unpaired) electrons. The molecule has 0 saturated heterocycles. The van der Waals surface area contributed by atoms with E-state index in [-0.39, 0.29) is 5.92 Å². The summed E-state index contributed by atoms with van der Waals surface area (Å²) in [5.74, 6) is 2.97. The summed E-state index contributed by atoms with van der Waals surface area (Å²) in [7, 11) is 0.303. The lowest BCUT2D eigenvalue weighted by molar-refractivity contribution is -0.119. The molecule has 0 unspecified atom stereocenters. The Morgan fingerprint density at radius 3 is 2.27 bits per heavy atom. The lowest BCUT2D eigenvalue weighted by Crippen LogP contribution is -2.34. The average Bonchev–Trinajstić information content (AvgIpc) is 2.10. The van der Waals surface area contributed by atoms with Gasteiger partial charge in [-0.25, -0.2) is 0 Å². The second-order valence-corrected chi connectivity index (χ2v) is 10.1. The van der Waals surface area contributed by atoms with Crippen LogP contribution in [-0.2, 0) is 9.53 Å². The van der Waals surface area contributed by atoms with Gasteiger partial charge in [-0.1, -0.05) is 19.6 Å². The van der Waals surface area contributed by atoms with Crippen LogP contribution in [-0.4, -0.2) is 27.1 Å². The average molecular weight is 226 g/mol. The highest BCUT2D eigenvalue weighted by molar-refractivity contribution is 6.83. The molecule has 0 aromatic heterocycles. The maximum Gasteiger partial charge on any atom is 0.129 e. The third kappa shape index (κ3) is 5.76. The third-order valence-corrected chi connectivity index (χ3v) is 3.30. The van der Waals surface area contributed by atoms with Gasteiger partial charge in [0, 0.05) is 13.5 Å². The van der Waals surface area contributed by atoms with E-state index in [2.05, 4.69) is 31.1 Å². The molecular weight excluding hydrogens is 204 g/mol. The van der Waals surface area contributed by atoms with Crippen molar-refractivity contribution >= 4 is 14.4 Å². The summed E-state index contributed by atoms with van der Waals surface area (Å²) in [6.45, 7) is 10.4. The van der Waals surface area contributed by atoms with Gasteiger partial charge in [0.05, 0.1) is 11.5 Å². The molecule has 0 fully saturated rings. The molecule has 0 aliphatic rings. The Labute approximate surface area is 94.4 Å². The molecule has 3 heteroatoms. The summed E-state index contributed by atoms with van der Waals surface area (Å²) in [6.07, 6.45) is 1.54. The van der Waals surface area contributed by atoms with Crippen molar-refractivity contribution in [1.82, 2.24) is 0 Å². The molecule has 0 saturated carbocycles. The fourth-order valence-corrected chi connectivity index (χ4v) is 1.67. The van der Waals surface area contributed by atoms with Crippen molar-refractivity contribution in [2.45, 2.75) is 45.5 Å². The van der Waals surface area contributed by atoms with Crippen LogP contribution in [0.5, 0.6) is 0 Å². The summed E-state index contributed by atoms with van der Waals surface area (Å²) < 4.78 is 5.29. The minimum atomic E-state index is -1.32. The highest BCUT2D eigenvalue weighted by atomic mass is 28.3. The van der Waals surface area contributed by atoms with Crippen molar-refractivity contribution in [3.05, 3.63) is 0 Å². The summed E-state index contributed by atoms with van der Waals surface area (Å²) in [4.78, 5) is 10.9. The predicted octanol–water partition coefficient (Wildman–Crippen LogP) is 2.50. The Kier molecular flexibility index (Phi) is 5.26. The van der Waals surface area contributed by atoms with Crippen LogP contribution >= 0.6 is 0 Å². The molecule has 0 amide bonds. The molecule has 0 rings (SSSR count). The second kappa shape index (κ2) is 5.48. The molecule has 0 aliphatic carbocycles. The molecule has 0 aromatic carbocycles. The van der Waals surface area contributed by atoms with Gasteiger partial charge >= 0.3 is 0 Å². The van der Waals surface area contributed by atoms with Crippen LogP contribution in [0.1, 0.15) is 20.3 Å². The van der Waals surface area contributed by atoms with E-state index in [0.29, 0.717) is 6.42 Å². The highest BCUT2D eigenvalue weighted by Gasteiger charge is 2.28. The van der Waals surface area contributed by atoms with Crippen molar-refractivity contribution < 1.29 is 9.53 Å². The first-order valence-corrected chi connectivity index (χ1v) is 8.73. The summed E-state index contributed by atoms with van der Waals surface area (Å²) in [6, 6.07) is 0. The standard InChI is InChI=1S/C12H22O2Si/c1-12(2,14-3)11(10-13)8-7-9-15(4,5)6/h10-11H,8H2,1-6H3/t11-/m0/s1.